The molecule has 1 saturated carbocycles. The van der Waals surface area contributed by atoms with Crippen molar-refractivity contribution in [2.24, 2.45) is 0 Å². The van der Waals surface area contributed by atoms with Crippen molar-refractivity contribution in [2.75, 3.05) is 14.2 Å². The average Bonchev–Trinajstić information content (AvgIpc) is 2.46. The second-order valence-electron chi connectivity index (χ2n) is 5.10. The maximum atomic E-state index is 12.2. The summed E-state index contributed by atoms with van der Waals surface area (Å²) in [5.41, 5.74) is 0. The molecule has 9 heteroatoms. The number of ether oxygens (including phenoxy) is 1. The summed E-state index contributed by atoms with van der Waals surface area (Å²) in [5, 5.41) is 9.02. The minimum Gasteiger partial charge on any atom is -0.480 e. The van der Waals surface area contributed by atoms with Gasteiger partial charge in [-0.05, 0) is 12.8 Å². The Morgan fingerprint density at radius 3 is 2.38 bits per heavy atom. The number of hydrogen-bond donors (Lipinski definition) is 2. The lowest BCUT2D eigenvalue weighted by Crippen LogP contribution is -2.51. The lowest BCUT2D eigenvalue weighted by Gasteiger charge is -2.31. The van der Waals surface area contributed by atoms with Crippen LogP contribution in [-0.4, -0.2) is 56.0 Å². The summed E-state index contributed by atoms with van der Waals surface area (Å²) < 4.78 is 32.0. The third-order valence-electron chi connectivity index (χ3n) is 3.66. The first kappa shape index (κ1) is 17.9. The molecule has 1 atom stereocenters. The van der Waals surface area contributed by atoms with E-state index in [1.165, 1.54) is 11.4 Å². The predicted molar refractivity (Wildman–Crippen MR) is 74.7 cm³/mol. The Bertz CT molecular complexity index is 472. The van der Waals surface area contributed by atoms with Gasteiger partial charge in [0.1, 0.15) is 6.04 Å². The summed E-state index contributed by atoms with van der Waals surface area (Å²) in [6, 6.07) is -1.67. The summed E-state index contributed by atoms with van der Waals surface area (Å²) in [7, 11) is -1.42. The molecule has 0 spiro atoms. The number of carboxylic acids is 1. The summed E-state index contributed by atoms with van der Waals surface area (Å²) >= 11 is 0. The Kier molecular flexibility index (Phi) is 6.56. The van der Waals surface area contributed by atoms with E-state index in [1.807, 2.05) is 0 Å². The van der Waals surface area contributed by atoms with Gasteiger partial charge in [-0.2, -0.15) is 17.4 Å². The quantitative estimate of drug-likeness (QED) is 0.643. The molecular weight excluding hydrogens is 300 g/mol. The van der Waals surface area contributed by atoms with Crippen molar-refractivity contribution in [2.45, 2.75) is 50.6 Å². The van der Waals surface area contributed by atoms with Gasteiger partial charge in [0.05, 0.1) is 13.5 Å². The van der Waals surface area contributed by atoms with Gasteiger partial charge in [0.25, 0.3) is 10.2 Å². The van der Waals surface area contributed by atoms with Gasteiger partial charge in [0.2, 0.25) is 0 Å². The Balaban J connectivity index is 2.75. The summed E-state index contributed by atoms with van der Waals surface area (Å²) in [6.07, 6.45) is 3.95. The molecule has 0 heterocycles. The number of nitrogens with one attached hydrogen (secondary N) is 1. The second kappa shape index (κ2) is 7.71. The van der Waals surface area contributed by atoms with E-state index in [1.54, 1.807) is 0 Å². The van der Waals surface area contributed by atoms with Crippen LogP contribution in [0.5, 0.6) is 0 Å². The van der Waals surface area contributed by atoms with E-state index >= 15 is 0 Å². The minimum atomic E-state index is -3.96. The predicted octanol–water partition coefficient (Wildman–Crippen LogP) is 0.102. The van der Waals surface area contributed by atoms with Crippen LogP contribution in [0.15, 0.2) is 0 Å². The first-order valence-electron chi connectivity index (χ1n) is 6.83. The van der Waals surface area contributed by atoms with Crippen molar-refractivity contribution in [1.82, 2.24) is 9.03 Å². The van der Waals surface area contributed by atoms with Crippen molar-refractivity contribution < 1.29 is 27.9 Å². The van der Waals surface area contributed by atoms with E-state index in [9.17, 15) is 18.0 Å². The fourth-order valence-electron chi connectivity index (χ4n) is 2.33. The van der Waals surface area contributed by atoms with Crippen LogP contribution in [0.2, 0.25) is 0 Å². The number of carbonyl (C=O) groups excluding carboxylic acids is 1. The number of esters is 1. The SMILES string of the molecule is COC(=O)C[C@H](NS(=O)(=O)N(C)C1CCCCC1)C(=O)O. The number of carboxylic acid groups (broad SMARTS) is 1. The molecule has 0 amide bonds. The molecule has 0 aromatic rings. The summed E-state index contributed by atoms with van der Waals surface area (Å²) in [4.78, 5) is 22.2. The lowest BCUT2D eigenvalue weighted by molar-refractivity contribution is -0.147. The van der Waals surface area contributed by atoms with Crippen LogP contribution in [0.1, 0.15) is 38.5 Å². The number of nitrogens with zero attached hydrogens (tertiary/aromatic N) is 1. The van der Waals surface area contributed by atoms with E-state index in [4.69, 9.17) is 5.11 Å². The Labute approximate surface area is 124 Å². The highest BCUT2D eigenvalue weighted by molar-refractivity contribution is 7.87. The molecule has 0 unspecified atom stereocenters. The lowest BCUT2D eigenvalue weighted by atomic mass is 9.96. The highest BCUT2D eigenvalue weighted by Gasteiger charge is 2.32. The number of hydrogen-bond acceptors (Lipinski definition) is 5. The number of aliphatic carboxylic acids is 1. The van der Waals surface area contributed by atoms with Crippen molar-refractivity contribution >= 4 is 22.1 Å². The number of methoxy groups -OCH3 is 1. The molecule has 1 fully saturated rings. The normalized spacial score (nSPS) is 18.4. The zero-order chi connectivity index (χ0) is 16.0. The fraction of sp³-hybridized carbons (Fsp3) is 0.833. The highest BCUT2D eigenvalue weighted by Crippen LogP contribution is 2.23. The van der Waals surface area contributed by atoms with Crippen molar-refractivity contribution in [1.29, 1.82) is 0 Å². The summed E-state index contributed by atoms with van der Waals surface area (Å²) in [5.74, 6) is -2.20. The second-order valence-corrected chi connectivity index (χ2v) is 6.86. The molecule has 0 radical (unpaired) electrons. The molecule has 1 aliphatic rings. The first-order chi connectivity index (χ1) is 9.77. The molecule has 122 valence electrons. The zero-order valence-corrected chi connectivity index (χ0v) is 13.1. The molecule has 1 rings (SSSR count). The average molecular weight is 322 g/mol. The van der Waals surface area contributed by atoms with Crippen LogP contribution in [0.3, 0.4) is 0 Å². The first-order valence-corrected chi connectivity index (χ1v) is 8.27. The van der Waals surface area contributed by atoms with Gasteiger partial charge in [0.15, 0.2) is 0 Å². The van der Waals surface area contributed by atoms with Gasteiger partial charge in [-0.15, -0.1) is 0 Å². The van der Waals surface area contributed by atoms with Crippen molar-refractivity contribution in [3.63, 3.8) is 0 Å². The van der Waals surface area contributed by atoms with Gasteiger partial charge in [0, 0.05) is 13.1 Å². The van der Waals surface area contributed by atoms with E-state index < -0.39 is 34.6 Å². The van der Waals surface area contributed by atoms with Crippen LogP contribution in [0.25, 0.3) is 0 Å². The monoisotopic (exact) mass is 322 g/mol. The maximum Gasteiger partial charge on any atom is 0.322 e. The van der Waals surface area contributed by atoms with Crippen LogP contribution in [0, 0.1) is 0 Å². The Morgan fingerprint density at radius 1 is 1.33 bits per heavy atom. The van der Waals surface area contributed by atoms with Gasteiger partial charge in [-0.1, -0.05) is 19.3 Å². The molecule has 1 aliphatic carbocycles. The van der Waals surface area contributed by atoms with Crippen LogP contribution >= 0.6 is 0 Å². The summed E-state index contributed by atoms with van der Waals surface area (Å²) in [6.45, 7) is 0. The topological polar surface area (TPSA) is 113 Å². The molecule has 21 heavy (non-hydrogen) atoms. The molecule has 0 bridgehead atoms. The highest BCUT2D eigenvalue weighted by atomic mass is 32.2. The molecule has 0 aliphatic heterocycles. The van der Waals surface area contributed by atoms with E-state index in [0.717, 1.165) is 39.2 Å². The standard InChI is InChI=1S/C12H22N2O6S/c1-14(9-6-4-3-5-7-9)21(18,19)13-10(12(16)17)8-11(15)20-2/h9-10,13H,3-8H2,1-2H3,(H,16,17)/t10-/m0/s1. The largest absolute Gasteiger partial charge is 0.480 e. The van der Waals surface area contributed by atoms with Crippen LogP contribution in [-0.2, 0) is 24.5 Å². The molecule has 0 aromatic heterocycles. The van der Waals surface area contributed by atoms with Gasteiger partial charge >= 0.3 is 11.9 Å². The molecule has 0 saturated heterocycles. The van der Waals surface area contributed by atoms with E-state index in [0.29, 0.717) is 0 Å². The smallest absolute Gasteiger partial charge is 0.322 e. The fourth-order valence-corrected chi connectivity index (χ4v) is 3.65. The maximum absolute atomic E-state index is 12.2. The third-order valence-corrected chi connectivity index (χ3v) is 5.29. The molecule has 8 nitrogen and oxygen atoms in total. The van der Waals surface area contributed by atoms with E-state index in [-0.39, 0.29) is 6.04 Å². The van der Waals surface area contributed by atoms with Gasteiger partial charge in [-0.3, -0.25) is 9.59 Å². The molecule has 0 aromatic carbocycles. The minimum absolute atomic E-state index is 0.135. The van der Waals surface area contributed by atoms with Crippen LogP contribution in [0.4, 0.5) is 0 Å². The zero-order valence-electron chi connectivity index (χ0n) is 12.2. The Morgan fingerprint density at radius 2 is 1.90 bits per heavy atom. The van der Waals surface area contributed by atoms with Gasteiger partial charge < -0.3 is 9.84 Å². The molecular formula is C12H22N2O6S. The Hall–Kier alpha value is -1.19. The number of rotatable bonds is 7. The number of carbonyl (C=O) groups is 2. The molecule has 2 N–H and O–H groups in total. The third kappa shape index (κ3) is 5.25. The van der Waals surface area contributed by atoms with Crippen LogP contribution < -0.4 is 4.72 Å². The van der Waals surface area contributed by atoms with E-state index in [2.05, 4.69) is 9.46 Å². The van der Waals surface area contributed by atoms with Crippen molar-refractivity contribution in [3.05, 3.63) is 0 Å². The van der Waals surface area contributed by atoms with Gasteiger partial charge in [-0.25, -0.2) is 0 Å². The van der Waals surface area contributed by atoms with Crippen molar-refractivity contribution in [3.8, 4) is 0 Å².